The van der Waals surface area contributed by atoms with Crippen LogP contribution < -0.4 is 5.32 Å². The number of hydrogen-bond acceptors (Lipinski definition) is 4. The third-order valence-corrected chi connectivity index (χ3v) is 5.31. The van der Waals surface area contributed by atoms with Gasteiger partial charge < -0.3 is 5.32 Å². The Kier molecular flexibility index (Phi) is 8.20. The molecule has 0 aliphatic carbocycles. The Morgan fingerprint density at radius 2 is 1.88 bits per heavy atom. The Morgan fingerprint density at radius 3 is 2.62 bits per heavy atom. The Bertz CT molecular complexity index is 742. The van der Waals surface area contributed by atoms with E-state index < -0.39 is 0 Å². The van der Waals surface area contributed by atoms with Crippen molar-refractivity contribution in [2.24, 2.45) is 0 Å². The van der Waals surface area contributed by atoms with Gasteiger partial charge in [-0.15, -0.1) is 0 Å². The molecule has 0 radical (unpaired) electrons. The van der Waals surface area contributed by atoms with Gasteiger partial charge >= 0.3 is 0 Å². The number of likely N-dealkylation sites (N-methyl/N-ethyl adjacent to an activating group) is 1. The minimum Gasteiger partial charge on any atom is -0.354 e. The molecule has 0 fully saturated rings. The molecule has 4 nitrogen and oxygen atoms in total. The topological polar surface area (TPSA) is 56.1 Å². The number of rotatable bonds is 9. The van der Waals surface area contributed by atoms with Crippen LogP contribution in [0.1, 0.15) is 29.7 Å². The van der Waals surface area contributed by atoms with Crippen molar-refractivity contribution < 1.29 is 4.79 Å². The summed E-state index contributed by atoms with van der Waals surface area (Å²) in [6.07, 6.45) is 0. The van der Waals surface area contributed by atoms with Crippen LogP contribution in [0.3, 0.4) is 0 Å². The van der Waals surface area contributed by atoms with E-state index in [1.807, 2.05) is 54.4 Å². The van der Waals surface area contributed by atoms with E-state index in [9.17, 15) is 4.79 Å². The smallest absolute Gasteiger partial charge is 0.234 e. The van der Waals surface area contributed by atoms with E-state index in [-0.39, 0.29) is 11.9 Å². The summed E-state index contributed by atoms with van der Waals surface area (Å²) in [5.41, 5.74) is 2.97. The van der Waals surface area contributed by atoms with Crippen molar-refractivity contribution in [1.29, 1.82) is 5.26 Å². The van der Waals surface area contributed by atoms with Crippen molar-refractivity contribution in [2.75, 3.05) is 25.9 Å². The summed E-state index contributed by atoms with van der Waals surface area (Å²) in [5, 5.41) is 12.1. The number of thioether (sulfide) groups is 1. The third kappa shape index (κ3) is 6.21. The molecule has 0 aromatic heterocycles. The second-order valence-corrected chi connectivity index (χ2v) is 7.28. The molecule has 2 rings (SSSR count). The van der Waals surface area contributed by atoms with E-state index in [2.05, 4.69) is 30.4 Å². The minimum absolute atomic E-state index is 0.0355. The van der Waals surface area contributed by atoms with E-state index in [0.29, 0.717) is 13.1 Å². The zero-order valence-electron chi connectivity index (χ0n) is 15.3. The van der Waals surface area contributed by atoms with Crippen molar-refractivity contribution in [1.82, 2.24) is 10.2 Å². The first-order valence-corrected chi connectivity index (χ1v) is 9.85. The lowest BCUT2D eigenvalue weighted by Crippen LogP contribution is -2.37. The van der Waals surface area contributed by atoms with Crippen LogP contribution in [0.2, 0.25) is 0 Å². The molecule has 2 aromatic carbocycles. The highest BCUT2D eigenvalue weighted by atomic mass is 32.2. The lowest BCUT2D eigenvalue weighted by Gasteiger charge is -2.24. The summed E-state index contributed by atoms with van der Waals surface area (Å²) >= 11 is 1.72. The SMILES string of the molecule is CC(c1ccccc1)N(C)CC(=O)NCCSCc1ccccc1C#N. The molecule has 2 aromatic rings. The quantitative estimate of drug-likeness (QED) is 0.688. The fraction of sp³-hybridized carbons (Fsp3) is 0.333. The Morgan fingerprint density at radius 1 is 1.19 bits per heavy atom. The van der Waals surface area contributed by atoms with Gasteiger partial charge in [-0.3, -0.25) is 9.69 Å². The standard InChI is InChI=1S/C21H25N3OS/c1-17(18-8-4-3-5-9-18)24(2)15-21(25)23-12-13-26-16-20-11-7-6-10-19(20)14-22/h3-11,17H,12-13,15-16H2,1-2H3,(H,23,25). The Hall–Kier alpha value is -2.29. The molecule has 1 unspecified atom stereocenters. The summed E-state index contributed by atoms with van der Waals surface area (Å²) in [6, 6.07) is 20.2. The van der Waals surface area contributed by atoms with E-state index in [4.69, 9.17) is 5.26 Å². The molecular weight excluding hydrogens is 342 g/mol. The summed E-state index contributed by atoms with van der Waals surface area (Å²) in [5.74, 6) is 1.64. The molecule has 5 heteroatoms. The van der Waals surface area contributed by atoms with E-state index in [1.165, 1.54) is 5.56 Å². The van der Waals surface area contributed by atoms with Gasteiger partial charge in [-0.25, -0.2) is 0 Å². The maximum absolute atomic E-state index is 12.1. The zero-order chi connectivity index (χ0) is 18.8. The van der Waals surface area contributed by atoms with Crippen molar-refractivity contribution in [3.63, 3.8) is 0 Å². The predicted molar refractivity (Wildman–Crippen MR) is 108 cm³/mol. The molecule has 0 aliphatic heterocycles. The van der Waals surface area contributed by atoms with Gasteiger partial charge in [0.1, 0.15) is 0 Å². The van der Waals surface area contributed by atoms with Crippen LogP contribution in [0, 0.1) is 11.3 Å². The molecular formula is C21H25N3OS. The van der Waals surface area contributed by atoms with Gasteiger partial charge in [-0.2, -0.15) is 17.0 Å². The van der Waals surface area contributed by atoms with E-state index >= 15 is 0 Å². The average Bonchev–Trinajstić information content (AvgIpc) is 2.68. The van der Waals surface area contributed by atoms with Crippen molar-refractivity contribution in [2.45, 2.75) is 18.7 Å². The summed E-state index contributed by atoms with van der Waals surface area (Å²) in [6.45, 7) is 3.11. The van der Waals surface area contributed by atoms with Gasteiger partial charge in [0, 0.05) is 24.1 Å². The largest absolute Gasteiger partial charge is 0.354 e. The lowest BCUT2D eigenvalue weighted by atomic mass is 10.1. The van der Waals surface area contributed by atoms with Crippen LogP contribution >= 0.6 is 11.8 Å². The van der Waals surface area contributed by atoms with Gasteiger partial charge in [0.2, 0.25) is 5.91 Å². The Labute approximate surface area is 160 Å². The number of hydrogen-bond donors (Lipinski definition) is 1. The predicted octanol–water partition coefficient (Wildman–Crippen LogP) is 3.60. The highest BCUT2D eigenvalue weighted by Crippen LogP contribution is 2.17. The van der Waals surface area contributed by atoms with Crippen molar-refractivity contribution in [3.05, 3.63) is 71.3 Å². The fourth-order valence-electron chi connectivity index (χ4n) is 2.61. The molecule has 0 bridgehead atoms. The number of carbonyl (C=O) groups is 1. The normalized spacial score (nSPS) is 11.8. The average molecular weight is 368 g/mol. The summed E-state index contributed by atoms with van der Waals surface area (Å²) in [7, 11) is 1.96. The second kappa shape index (κ2) is 10.6. The second-order valence-electron chi connectivity index (χ2n) is 6.17. The molecule has 1 atom stereocenters. The molecule has 0 saturated heterocycles. The van der Waals surface area contributed by atoms with E-state index in [0.717, 1.165) is 22.6 Å². The highest BCUT2D eigenvalue weighted by molar-refractivity contribution is 7.98. The number of benzene rings is 2. The van der Waals surface area contributed by atoms with Crippen molar-refractivity contribution in [3.8, 4) is 6.07 Å². The highest BCUT2D eigenvalue weighted by Gasteiger charge is 2.14. The van der Waals surface area contributed by atoms with Gasteiger partial charge in [-0.05, 0) is 31.2 Å². The fourth-order valence-corrected chi connectivity index (χ4v) is 3.47. The van der Waals surface area contributed by atoms with Gasteiger partial charge in [-0.1, -0.05) is 48.5 Å². The molecule has 136 valence electrons. The summed E-state index contributed by atoms with van der Waals surface area (Å²) < 4.78 is 0. The minimum atomic E-state index is 0.0355. The monoisotopic (exact) mass is 367 g/mol. The van der Waals surface area contributed by atoms with Crippen LogP contribution in [-0.2, 0) is 10.5 Å². The third-order valence-electron chi connectivity index (χ3n) is 4.30. The number of nitrogens with zero attached hydrogens (tertiary/aromatic N) is 2. The molecule has 1 N–H and O–H groups in total. The number of carbonyl (C=O) groups excluding carboxylic acids is 1. The molecule has 0 spiro atoms. The molecule has 1 amide bonds. The van der Waals surface area contributed by atoms with Crippen LogP contribution in [-0.4, -0.2) is 36.7 Å². The maximum atomic E-state index is 12.1. The first-order valence-electron chi connectivity index (χ1n) is 8.69. The van der Waals surface area contributed by atoms with E-state index in [1.54, 1.807) is 11.8 Å². The molecule has 26 heavy (non-hydrogen) atoms. The zero-order valence-corrected chi connectivity index (χ0v) is 16.1. The Balaban J connectivity index is 1.67. The summed E-state index contributed by atoms with van der Waals surface area (Å²) in [4.78, 5) is 14.2. The maximum Gasteiger partial charge on any atom is 0.234 e. The van der Waals surface area contributed by atoms with Crippen LogP contribution in [0.5, 0.6) is 0 Å². The van der Waals surface area contributed by atoms with Gasteiger partial charge in [0.15, 0.2) is 0 Å². The van der Waals surface area contributed by atoms with Crippen molar-refractivity contribution >= 4 is 17.7 Å². The lowest BCUT2D eigenvalue weighted by molar-refractivity contribution is -0.122. The van der Waals surface area contributed by atoms with Gasteiger partial charge in [0.05, 0.1) is 18.2 Å². The first kappa shape index (κ1) is 20.0. The van der Waals surface area contributed by atoms with Crippen LogP contribution in [0.4, 0.5) is 0 Å². The van der Waals surface area contributed by atoms with Crippen LogP contribution in [0.15, 0.2) is 54.6 Å². The molecule has 0 saturated carbocycles. The number of amides is 1. The number of nitrogens with one attached hydrogen (secondary N) is 1. The van der Waals surface area contributed by atoms with Crippen LogP contribution in [0.25, 0.3) is 0 Å². The molecule has 0 heterocycles. The van der Waals surface area contributed by atoms with Gasteiger partial charge in [0.25, 0.3) is 0 Å². The first-order chi connectivity index (χ1) is 12.6. The molecule has 0 aliphatic rings. The number of nitriles is 1.